The Balaban J connectivity index is 2.48. The molecule has 0 aliphatic rings. The average Bonchev–Trinajstić information content (AvgIpc) is 2.73. The van der Waals surface area contributed by atoms with Crippen LogP contribution in [-0.4, -0.2) is 9.55 Å². The summed E-state index contributed by atoms with van der Waals surface area (Å²) in [6.45, 7) is 7.43. The fourth-order valence-electron chi connectivity index (χ4n) is 1.50. The summed E-state index contributed by atoms with van der Waals surface area (Å²) in [6.07, 6.45) is 5.31. The van der Waals surface area contributed by atoms with Gasteiger partial charge in [-0.05, 0) is 18.2 Å². The van der Waals surface area contributed by atoms with Crippen molar-refractivity contribution in [2.45, 2.75) is 0 Å². The lowest BCUT2D eigenvalue weighted by Crippen LogP contribution is -1.85. The van der Waals surface area contributed by atoms with E-state index in [9.17, 15) is 0 Å². The minimum atomic E-state index is 0.746. The normalized spacial score (nSPS) is 10.0. The molecule has 0 atom stereocenters. The van der Waals surface area contributed by atoms with Gasteiger partial charge in [-0.15, -0.1) is 0 Å². The lowest BCUT2D eigenvalue weighted by atomic mass is 10.1. The molecule has 1 heterocycles. The zero-order valence-electron chi connectivity index (χ0n) is 8.93. The van der Waals surface area contributed by atoms with Crippen LogP contribution < -0.4 is 5.73 Å². The van der Waals surface area contributed by atoms with Crippen LogP contribution in [0, 0.1) is 0 Å². The van der Waals surface area contributed by atoms with Gasteiger partial charge in [0.05, 0.1) is 5.69 Å². The first kappa shape index (κ1) is 10.2. The van der Waals surface area contributed by atoms with Gasteiger partial charge in [0.2, 0.25) is 0 Å². The molecule has 2 N–H and O–H groups in total. The Bertz CT molecular complexity index is 495. The molecule has 0 amide bonds. The van der Waals surface area contributed by atoms with Crippen LogP contribution in [0.5, 0.6) is 0 Å². The zero-order chi connectivity index (χ0) is 11.5. The molecule has 0 saturated carbocycles. The van der Waals surface area contributed by atoms with Crippen molar-refractivity contribution < 1.29 is 0 Å². The third-order valence-electron chi connectivity index (χ3n) is 2.35. The highest BCUT2D eigenvalue weighted by molar-refractivity contribution is 5.63. The molecule has 1 aromatic carbocycles. The zero-order valence-corrected chi connectivity index (χ0v) is 8.93. The van der Waals surface area contributed by atoms with Gasteiger partial charge in [0.15, 0.2) is 0 Å². The first-order chi connectivity index (χ1) is 7.74. The van der Waals surface area contributed by atoms with Gasteiger partial charge in [0, 0.05) is 23.6 Å². The molecule has 2 aromatic rings. The Kier molecular flexibility index (Phi) is 2.60. The van der Waals surface area contributed by atoms with Crippen LogP contribution in [0.15, 0.2) is 43.6 Å². The van der Waals surface area contributed by atoms with E-state index < -0.39 is 0 Å². The number of imidazole rings is 1. The van der Waals surface area contributed by atoms with Gasteiger partial charge in [-0.25, -0.2) is 4.98 Å². The Morgan fingerprint density at radius 3 is 2.38 bits per heavy atom. The van der Waals surface area contributed by atoms with E-state index in [1.165, 1.54) is 0 Å². The predicted molar refractivity (Wildman–Crippen MR) is 68.6 cm³/mol. The van der Waals surface area contributed by atoms with E-state index in [0.717, 1.165) is 22.8 Å². The highest BCUT2D eigenvalue weighted by atomic mass is 15.0. The molecule has 0 fully saturated rings. The number of hydrogen-bond donors (Lipinski definition) is 1. The number of nitrogen functional groups attached to an aromatic ring is 1. The molecule has 0 saturated heterocycles. The third kappa shape index (κ3) is 1.75. The molecular formula is C13H13N3. The van der Waals surface area contributed by atoms with Gasteiger partial charge in [-0.3, -0.25) is 0 Å². The van der Waals surface area contributed by atoms with Crippen LogP contribution in [0.4, 0.5) is 5.69 Å². The molecule has 0 spiro atoms. The van der Waals surface area contributed by atoms with E-state index in [4.69, 9.17) is 5.73 Å². The Hall–Kier alpha value is -2.29. The van der Waals surface area contributed by atoms with Crippen LogP contribution in [0.2, 0.25) is 0 Å². The molecular weight excluding hydrogens is 198 g/mol. The summed E-state index contributed by atoms with van der Waals surface area (Å²) in [5.41, 5.74) is 8.29. The number of aromatic nitrogens is 2. The van der Waals surface area contributed by atoms with Crippen molar-refractivity contribution in [3.8, 4) is 11.3 Å². The first-order valence-corrected chi connectivity index (χ1v) is 4.94. The van der Waals surface area contributed by atoms with Crippen LogP contribution in [0.3, 0.4) is 0 Å². The van der Waals surface area contributed by atoms with E-state index in [1.54, 1.807) is 12.3 Å². The van der Waals surface area contributed by atoms with Crippen molar-refractivity contribution in [3.63, 3.8) is 0 Å². The van der Waals surface area contributed by atoms with Gasteiger partial charge in [-0.1, -0.05) is 25.3 Å². The fourth-order valence-corrected chi connectivity index (χ4v) is 1.50. The van der Waals surface area contributed by atoms with E-state index in [1.807, 2.05) is 35.0 Å². The molecule has 1 aromatic heterocycles. The second-order valence-electron chi connectivity index (χ2n) is 3.40. The number of rotatable bonds is 3. The van der Waals surface area contributed by atoms with Crippen LogP contribution in [-0.2, 0) is 0 Å². The van der Waals surface area contributed by atoms with Crippen molar-refractivity contribution in [1.82, 2.24) is 9.55 Å². The number of hydrogen-bond acceptors (Lipinski definition) is 2. The second-order valence-corrected chi connectivity index (χ2v) is 3.40. The SMILES string of the molecule is C=Cc1nc(-c2ccc(N)cc2)cn1C=C. The lowest BCUT2D eigenvalue weighted by molar-refractivity contribution is 1.11. The van der Waals surface area contributed by atoms with Gasteiger partial charge in [0.25, 0.3) is 0 Å². The number of anilines is 1. The fraction of sp³-hybridized carbons (Fsp3) is 0. The van der Waals surface area contributed by atoms with Crippen LogP contribution >= 0.6 is 0 Å². The monoisotopic (exact) mass is 211 g/mol. The maximum Gasteiger partial charge on any atom is 0.136 e. The summed E-state index contributed by atoms with van der Waals surface area (Å²) in [5, 5.41) is 0. The Morgan fingerprint density at radius 1 is 1.19 bits per heavy atom. The van der Waals surface area contributed by atoms with Gasteiger partial charge < -0.3 is 10.3 Å². The third-order valence-corrected chi connectivity index (χ3v) is 2.35. The lowest BCUT2D eigenvalue weighted by Gasteiger charge is -1.96. The molecule has 0 aliphatic carbocycles. The highest BCUT2D eigenvalue weighted by Gasteiger charge is 2.04. The van der Waals surface area contributed by atoms with Gasteiger partial charge in [0.1, 0.15) is 5.82 Å². The molecule has 0 unspecified atom stereocenters. The van der Waals surface area contributed by atoms with Crippen molar-refractivity contribution in [2.24, 2.45) is 0 Å². The smallest absolute Gasteiger partial charge is 0.136 e. The average molecular weight is 211 g/mol. The van der Waals surface area contributed by atoms with Gasteiger partial charge >= 0.3 is 0 Å². The summed E-state index contributed by atoms with van der Waals surface area (Å²) in [4.78, 5) is 4.43. The molecule has 2 rings (SSSR count). The summed E-state index contributed by atoms with van der Waals surface area (Å²) in [7, 11) is 0. The van der Waals surface area contributed by atoms with Crippen molar-refractivity contribution in [3.05, 3.63) is 49.4 Å². The second kappa shape index (κ2) is 4.06. The standard InChI is InChI=1S/C13H13N3/c1-3-13-15-12(9-16(13)4-2)10-5-7-11(14)8-6-10/h3-9H,1-2,14H2. The Labute approximate surface area is 94.5 Å². The van der Waals surface area contributed by atoms with E-state index in [-0.39, 0.29) is 0 Å². The number of nitrogens with two attached hydrogens (primary N) is 1. The maximum absolute atomic E-state index is 5.63. The summed E-state index contributed by atoms with van der Waals surface area (Å²) in [6, 6.07) is 7.60. The first-order valence-electron chi connectivity index (χ1n) is 4.94. The molecule has 0 aliphatic heterocycles. The number of nitrogens with zero attached hydrogens (tertiary/aromatic N) is 2. The number of benzene rings is 1. The van der Waals surface area contributed by atoms with E-state index in [2.05, 4.69) is 18.1 Å². The van der Waals surface area contributed by atoms with Crippen LogP contribution in [0.1, 0.15) is 5.82 Å². The minimum Gasteiger partial charge on any atom is -0.399 e. The quantitative estimate of drug-likeness (QED) is 0.793. The van der Waals surface area contributed by atoms with E-state index >= 15 is 0 Å². The molecule has 0 bridgehead atoms. The minimum absolute atomic E-state index is 0.746. The maximum atomic E-state index is 5.63. The molecule has 80 valence electrons. The summed E-state index contributed by atoms with van der Waals surface area (Å²) >= 11 is 0. The largest absolute Gasteiger partial charge is 0.399 e. The Morgan fingerprint density at radius 2 is 1.88 bits per heavy atom. The summed E-state index contributed by atoms with van der Waals surface area (Å²) in [5.74, 6) is 0.779. The van der Waals surface area contributed by atoms with Gasteiger partial charge in [-0.2, -0.15) is 0 Å². The summed E-state index contributed by atoms with van der Waals surface area (Å²) < 4.78 is 1.83. The molecule has 3 heteroatoms. The van der Waals surface area contributed by atoms with Crippen molar-refractivity contribution in [2.75, 3.05) is 5.73 Å². The topological polar surface area (TPSA) is 43.8 Å². The van der Waals surface area contributed by atoms with E-state index in [0.29, 0.717) is 0 Å². The molecule has 0 radical (unpaired) electrons. The predicted octanol–water partition coefficient (Wildman–Crippen LogP) is 2.88. The molecule has 16 heavy (non-hydrogen) atoms. The van der Waals surface area contributed by atoms with Crippen molar-refractivity contribution in [1.29, 1.82) is 0 Å². The van der Waals surface area contributed by atoms with Crippen LogP contribution in [0.25, 0.3) is 23.5 Å². The molecule has 3 nitrogen and oxygen atoms in total. The highest BCUT2D eigenvalue weighted by Crippen LogP contribution is 2.20. The van der Waals surface area contributed by atoms with Crippen molar-refractivity contribution >= 4 is 18.0 Å².